The van der Waals surface area contributed by atoms with E-state index in [2.05, 4.69) is 5.32 Å². The lowest BCUT2D eigenvalue weighted by molar-refractivity contribution is -0.137. The average molecular weight is 223 g/mol. The van der Waals surface area contributed by atoms with Crippen molar-refractivity contribution in [3.05, 3.63) is 30.3 Å². The summed E-state index contributed by atoms with van der Waals surface area (Å²) in [5.41, 5.74) is 0. The van der Waals surface area contributed by atoms with Gasteiger partial charge in [0.1, 0.15) is 5.75 Å². The highest BCUT2D eigenvalue weighted by molar-refractivity contribution is 5.72. The van der Waals surface area contributed by atoms with Gasteiger partial charge in [0.15, 0.2) is 0 Å². The molecule has 0 bridgehead atoms. The molecule has 1 rings (SSSR count). The first-order valence-corrected chi connectivity index (χ1v) is 4.83. The molecule has 1 aromatic carbocycles. The first-order chi connectivity index (χ1) is 7.58. The number of rotatable bonds is 4. The van der Waals surface area contributed by atoms with E-state index in [0.717, 1.165) is 0 Å². The van der Waals surface area contributed by atoms with E-state index >= 15 is 0 Å². The molecule has 1 atom stereocenters. The van der Waals surface area contributed by atoms with Gasteiger partial charge in [-0.2, -0.15) is 0 Å². The molecule has 0 aliphatic rings. The molecule has 1 unspecified atom stereocenters. The molecule has 1 aromatic rings. The van der Waals surface area contributed by atoms with E-state index in [-0.39, 0.29) is 6.42 Å². The molecular formula is C11H13NO4. The zero-order valence-electron chi connectivity index (χ0n) is 8.84. The molecule has 0 spiro atoms. The molecule has 0 radical (unpaired) electrons. The Hall–Kier alpha value is -2.04. The normalized spacial score (nSPS) is 11.6. The molecule has 2 N–H and O–H groups in total. The van der Waals surface area contributed by atoms with Crippen LogP contribution in [-0.2, 0) is 4.79 Å². The average Bonchev–Trinajstić information content (AvgIpc) is 2.17. The summed E-state index contributed by atoms with van der Waals surface area (Å²) in [4.78, 5) is 21.6. The number of para-hydroxylation sites is 1. The Morgan fingerprint density at radius 3 is 2.56 bits per heavy atom. The molecule has 5 heteroatoms. The fraction of sp³-hybridized carbons (Fsp3) is 0.273. The minimum Gasteiger partial charge on any atom is -0.481 e. The van der Waals surface area contributed by atoms with Crippen molar-refractivity contribution in [3.8, 4) is 5.75 Å². The molecular weight excluding hydrogens is 210 g/mol. The number of carboxylic acid groups (broad SMARTS) is 1. The van der Waals surface area contributed by atoms with Crippen LogP contribution in [0.3, 0.4) is 0 Å². The number of carbonyl (C=O) groups excluding carboxylic acids is 1. The van der Waals surface area contributed by atoms with Gasteiger partial charge in [0, 0.05) is 6.04 Å². The van der Waals surface area contributed by atoms with Crippen LogP contribution >= 0.6 is 0 Å². The molecule has 0 aliphatic heterocycles. The number of aliphatic carboxylic acids is 1. The fourth-order valence-electron chi connectivity index (χ4n) is 1.14. The van der Waals surface area contributed by atoms with Gasteiger partial charge in [-0.15, -0.1) is 0 Å². The lowest BCUT2D eigenvalue weighted by atomic mass is 10.2. The highest BCUT2D eigenvalue weighted by Crippen LogP contribution is 2.08. The second kappa shape index (κ2) is 5.75. The van der Waals surface area contributed by atoms with Crippen molar-refractivity contribution in [2.75, 3.05) is 0 Å². The smallest absolute Gasteiger partial charge is 0.412 e. The number of benzene rings is 1. The fourth-order valence-corrected chi connectivity index (χ4v) is 1.14. The predicted molar refractivity (Wildman–Crippen MR) is 57.3 cm³/mol. The van der Waals surface area contributed by atoms with Crippen LogP contribution in [0, 0.1) is 0 Å². The first kappa shape index (κ1) is 12.0. The van der Waals surface area contributed by atoms with E-state index in [1.54, 1.807) is 37.3 Å². The molecule has 1 amide bonds. The number of hydrogen-bond donors (Lipinski definition) is 2. The van der Waals surface area contributed by atoms with Gasteiger partial charge < -0.3 is 15.2 Å². The van der Waals surface area contributed by atoms with Crippen LogP contribution in [0.5, 0.6) is 5.75 Å². The van der Waals surface area contributed by atoms with Crippen molar-refractivity contribution in [2.24, 2.45) is 0 Å². The second-order valence-electron chi connectivity index (χ2n) is 3.35. The Morgan fingerprint density at radius 2 is 2.00 bits per heavy atom. The van der Waals surface area contributed by atoms with Crippen molar-refractivity contribution < 1.29 is 19.4 Å². The number of nitrogens with one attached hydrogen (secondary N) is 1. The number of amides is 1. The maximum Gasteiger partial charge on any atom is 0.412 e. The third-order valence-electron chi connectivity index (χ3n) is 1.80. The van der Waals surface area contributed by atoms with E-state index in [0.29, 0.717) is 5.75 Å². The van der Waals surface area contributed by atoms with Crippen molar-refractivity contribution >= 4 is 12.1 Å². The zero-order chi connectivity index (χ0) is 12.0. The number of carboxylic acids is 1. The van der Waals surface area contributed by atoms with Crippen molar-refractivity contribution in [1.29, 1.82) is 0 Å². The van der Waals surface area contributed by atoms with Crippen LogP contribution in [0.1, 0.15) is 13.3 Å². The summed E-state index contributed by atoms with van der Waals surface area (Å²) in [6, 6.07) is 8.10. The summed E-state index contributed by atoms with van der Waals surface area (Å²) in [5, 5.41) is 10.9. The Balaban J connectivity index is 2.39. The van der Waals surface area contributed by atoms with E-state index < -0.39 is 18.1 Å². The maximum absolute atomic E-state index is 11.3. The topological polar surface area (TPSA) is 75.6 Å². The number of hydrogen-bond acceptors (Lipinski definition) is 3. The monoisotopic (exact) mass is 223 g/mol. The molecule has 0 saturated heterocycles. The van der Waals surface area contributed by atoms with E-state index in [1.807, 2.05) is 0 Å². The minimum absolute atomic E-state index is 0.135. The van der Waals surface area contributed by atoms with Gasteiger partial charge in [0.25, 0.3) is 0 Å². The van der Waals surface area contributed by atoms with E-state index in [4.69, 9.17) is 9.84 Å². The lowest BCUT2D eigenvalue weighted by Crippen LogP contribution is -2.36. The first-order valence-electron chi connectivity index (χ1n) is 4.83. The number of ether oxygens (including phenoxy) is 1. The Kier molecular flexibility index (Phi) is 4.32. The van der Waals surface area contributed by atoms with Gasteiger partial charge in [-0.05, 0) is 19.1 Å². The molecule has 0 heterocycles. The largest absolute Gasteiger partial charge is 0.481 e. The summed E-state index contributed by atoms with van der Waals surface area (Å²) in [6.45, 7) is 1.60. The summed E-state index contributed by atoms with van der Waals surface area (Å²) < 4.78 is 4.92. The van der Waals surface area contributed by atoms with E-state index in [1.165, 1.54) is 0 Å². The standard InChI is InChI=1S/C11H13NO4/c1-8(7-10(13)14)12-11(15)16-9-5-3-2-4-6-9/h2-6,8H,7H2,1H3,(H,12,15)(H,13,14). The maximum atomic E-state index is 11.3. The Labute approximate surface area is 93.0 Å². The van der Waals surface area contributed by atoms with Crippen LogP contribution in [0.25, 0.3) is 0 Å². The van der Waals surface area contributed by atoms with E-state index in [9.17, 15) is 9.59 Å². The molecule has 5 nitrogen and oxygen atoms in total. The van der Waals surface area contributed by atoms with Crippen LogP contribution in [0.2, 0.25) is 0 Å². The SMILES string of the molecule is CC(CC(=O)O)NC(=O)Oc1ccccc1. The van der Waals surface area contributed by atoms with Gasteiger partial charge in [-0.3, -0.25) is 4.79 Å². The molecule has 0 aromatic heterocycles. The zero-order valence-corrected chi connectivity index (χ0v) is 8.84. The Bertz CT molecular complexity index is 364. The van der Waals surface area contributed by atoms with Crippen LogP contribution < -0.4 is 10.1 Å². The summed E-state index contributed by atoms with van der Waals surface area (Å²) in [6.07, 6.45) is -0.788. The lowest BCUT2D eigenvalue weighted by Gasteiger charge is -2.11. The van der Waals surface area contributed by atoms with Crippen molar-refractivity contribution in [3.63, 3.8) is 0 Å². The predicted octanol–water partition coefficient (Wildman–Crippen LogP) is 1.64. The van der Waals surface area contributed by atoms with Gasteiger partial charge in [-0.1, -0.05) is 18.2 Å². The van der Waals surface area contributed by atoms with Crippen LogP contribution in [0.4, 0.5) is 4.79 Å². The molecule has 0 aliphatic carbocycles. The third-order valence-corrected chi connectivity index (χ3v) is 1.80. The van der Waals surface area contributed by atoms with Crippen molar-refractivity contribution in [1.82, 2.24) is 5.32 Å². The summed E-state index contributed by atoms with van der Waals surface area (Å²) in [7, 11) is 0. The quantitative estimate of drug-likeness (QED) is 0.813. The highest BCUT2D eigenvalue weighted by atomic mass is 16.6. The highest BCUT2D eigenvalue weighted by Gasteiger charge is 2.11. The van der Waals surface area contributed by atoms with Gasteiger partial charge in [0.2, 0.25) is 0 Å². The van der Waals surface area contributed by atoms with Gasteiger partial charge in [0.05, 0.1) is 6.42 Å². The third kappa shape index (κ3) is 4.45. The van der Waals surface area contributed by atoms with Crippen molar-refractivity contribution in [2.45, 2.75) is 19.4 Å². The van der Waals surface area contributed by atoms with Crippen LogP contribution in [-0.4, -0.2) is 23.2 Å². The number of carbonyl (C=O) groups is 2. The second-order valence-corrected chi connectivity index (χ2v) is 3.35. The molecule has 0 saturated carbocycles. The van der Waals surface area contributed by atoms with Gasteiger partial charge >= 0.3 is 12.1 Å². The molecule has 86 valence electrons. The minimum atomic E-state index is -0.965. The summed E-state index contributed by atoms with van der Waals surface area (Å²) >= 11 is 0. The molecule has 16 heavy (non-hydrogen) atoms. The molecule has 0 fully saturated rings. The van der Waals surface area contributed by atoms with Crippen LogP contribution in [0.15, 0.2) is 30.3 Å². The van der Waals surface area contributed by atoms with Gasteiger partial charge in [-0.25, -0.2) is 4.79 Å². The Morgan fingerprint density at radius 1 is 1.38 bits per heavy atom. The summed E-state index contributed by atoms with van der Waals surface area (Å²) in [5.74, 6) is -0.546.